The summed E-state index contributed by atoms with van der Waals surface area (Å²) in [6, 6.07) is 0. The van der Waals surface area contributed by atoms with E-state index in [2.05, 4.69) is 19.2 Å². The molecule has 1 N–H and O–H groups in total. The molecule has 0 bridgehead atoms. The highest BCUT2D eigenvalue weighted by atomic mass is 35.5. The summed E-state index contributed by atoms with van der Waals surface area (Å²) in [7, 11) is 1.76. The van der Waals surface area contributed by atoms with Crippen LogP contribution < -0.4 is 5.32 Å². The maximum Gasteiger partial charge on any atom is 0.0634 e. The molecule has 0 saturated carbocycles. The van der Waals surface area contributed by atoms with Crippen LogP contribution in [0.1, 0.15) is 33.1 Å². The second kappa shape index (κ2) is 7.60. The number of halogens is 1. The minimum Gasteiger partial charge on any atom is -0.379 e. The Morgan fingerprint density at radius 2 is 1.92 bits per heavy atom. The average Bonchev–Trinajstić information content (AvgIpc) is 2.11. The summed E-state index contributed by atoms with van der Waals surface area (Å²) in [6.07, 6.45) is 3.31. The molecule has 0 radical (unpaired) electrons. The molecule has 13 heavy (non-hydrogen) atoms. The molecule has 0 fully saturated rings. The average molecular weight is 208 g/mol. The molecule has 0 rings (SSSR count). The van der Waals surface area contributed by atoms with E-state index in [0.717, 1.165) is 38.2 Å². The first-order valence-corrected chi connectivity index (χ1v) is 5.47. The highest BCUT2D eigenvalue weighted by molar-refractivity contribution is 6.17. The predicted octanol–water partition coefficient (Wildman–Crippen LogP) is 2.41. The van der Waals surface area contributed by atoms with Crippen molar-refractivity contribution in [2.24, 2.45) is 0 Å². The van der Waals surface area contributed by atoms with Crippen LogP contribution in [-0.4, -0.2) is 31.7 Å². The van der Waals surface area contributed by atoms with E-state index in [4.69, 9.17) is 16.3 Å². The number of unbranched alkanes of at least 4 members (excludes halogenated alkanes) is 1. The van der Waals surface area contributed by atoms with Gasteiger partial charge in [0.05, 0.1) is 5.60 Å². The lowest BCUT2D eigenvalue weighted by molar-refractivity contribution is 0.0159. The first kappa shape index (κ1) is 13.2. The van der Waals surface area contributed by atoms with Crippen molar-refractivity contribution < 1.29 is 4.74 Å². The molecular weight excluding hydrogens is 186 g/mol. The molecule has 0 amide bonds. The second-order valence-electron chi connectivity index (χ2n) is 3.86. The van der Waals surface area contributed by atoms with Crippen molar-refractivity contribution in [3.8, 4) is 0 Å². The standard InChI is InChI=1S/C10H22ClNO/c1-10(2,13-3)6-9-12-8-5-4-7-11/h12H,4-9H2,1-3H3. The van der Waals surface area contributed by atoms with Gasteiger partial charge in [-0.3, -0.25) is 0 Å². The maximum atomic E-state index is 5.56. The quantitative estimate of drug-likeness (QED) is 0.488. The molecule has 0 aliphatic carbocycles. The number of nitrogens with one attached hydrogen (secondary N) is 1. The van der Waals surface area contributed by atoms with Gasteiger partial charge < -0.3 is 10.1 Å². The molecule has 0 aliphatic heterocycles. The van der Waals surface area contributed by atoms with Crippen molar-refractivity contribution in [3.63, 3.8) is 0 Å². The van der Waals surface area contributed by atoms with Gasteiger partial charge in [-0.05, 0) is 46.2 Å². The van der Waals surface area contributed by atoms with Crippen LogP contribution in [0.25, 0.3) is 0 Å². The zero-order valence-electron chi connectivity index (χ0n) is 9.03. The summed E-state index contributed by atoms with van der Waals surface area (Å²) in [5, 5.41) is 3.37. The number of ether oxygens (including phenoxy) is 1. The summed E-state index contributed by atoms with van der Waals surface area (Å²) in [5.41, 5.74) is -0.000511. The van der Waals surface area contributed by atoms with Crippen molar-refractivity contribution in [1.82, 2.24) is 5.32 Å². The van der Waals surface area contributed by atoms with Crippen molar-refractivity contribution >= 4 is 11.6 Å². The van der Waals surface area contributed by atoms with Gasteiger partial charge in [-0.25, -0.2) is 0 Å². The van der Waals surface area contributed by atoms with Gasteiger partial charge in [0.2, 0.25) is 0 Å². The van der Waals surface area contributed by atoms with Crippen LogP contribution in [-0.2, 0) is 4.74 Å². The Balaban J connectivity index is 3.16. The molecule has 0 saturated heterocycles. The minimum absolute atomic E-state index is 0.000511. The summed E-state index contributed by atoms with van der Waals surface area (Å²) in [5.74, 6) is 0.769. The Hall–Kier alpha value is 0.210. The molecule has 2 nitrogen and oxygen atoms in total. The largest absolute Gasteiger partial charge is 0.379 e. The number of hydrogen-bond donors (Lipinski definition) is 1. The Labute approximate surface area is 87.0 Å². The fourth-order valence-corrected chi connectivity index (χ4v) is 1.15. The Morgan fingerprint density at radius 3 is 2.46 bits per heavy atom. The summed E-state index contributed by atoms with van der Waals surface area (Å²) in [6.45, 7) is 6.29. The molecule has 3 heteroatoms. The van der Waals surface area contributed by atoms with Gasteiger partial charge in [0.25, 0.3) is 0 Å². The lowest BCUT2D eigenvalue weighted by Gasteiger charge is -2.22. The van der Waals surface area contributed by atoms with E-state index < -0.39 is 0 Å². The number of hydrogen-bond acceptors (Lipinski definition) is 2. The third-order valence-electron chi connectivity index (χ3n) is 2.19. The third kappa shape index (κ3) is 8.54. The van der Waals surface area contributed by atoms with Crippen LogP contribution in [0.15, 0.2) is 0 Å². The number of methoxy groups -OCH3 is 1. The topological polar surface area (TPSA) is 21.3 Å². The predicted molar refractivity (Wildman–Crippen MR) is 58.5 cm³/mol. The van der Waals surface area contributed by atoms with E-state index in [1.165, 1.54) is 0 Å². The molecule has 80 valence electrons. The van der Waals surface area contributed by atoms with Crippen LogP contribution in [0.3, 0.4) is 0 Å². The Morgan fingerprint density at radius 1 is 1.23 bits per heavy atom. The van der Waals surface area contributed by atoms with Crippen LogP contribution in [0, 0.1) is 0 Å². The first-order chi connectivity index (χ1) is 6.12. The molecule has 0 spiro atoms. The van der Waals surface area contributed by atoms with Gasteiger partial charge in [0.1, 0.15) is 0 Å². The zero-order valence-corrected chi connectivity index (χ0v) is 9.78. The van der Waals surface area contributed by atoms with Gasteiger partial charge in [-0.1, -0.05) is 0 Å². The van der Waals surface area contributed by atoms with Gasteiger partial charge in [-0.15, -0.1) is 11.6 Å². The molecule has 0 aliphatic rings. The number of alkyl halides is 1. The first-order valence-electron chi connectivity index (χ1n) is 4.94. The Bertz CT molecular complexity index is 117. The third-order valence-corrected chi connectivity index (χ3v) is 2.46. The van der Waals surface area contributed by atoms with E-state index in [-0.39, 0.29) is 5.60 Å². The van der Waals surface area contributed by atoms with E-state index in [0.29, 0.717) is 0 Å². The van der Waals surface area contributed by atoms with Gasteiger partial charge in [-0.2, -0.15) is 0 Å². The Kier molecular flexibility index (Phi) is 7.72. The van der Waals surface area contributed by atoms with E-state index in [1.807, 2.05) is 0 Å². The van der Waals surface area contributed by atoms with E-state index in [9.17, 15) is 0 Å². The van der Waals surface area contributed by atoms with Crippen molar-refractivity contribution in [3.05, 3.63) is 0 Å². The SMILES string of the molecule is COC(C)(C)CCNCCCCCl. The molecule has 0 aromatic heterocycles. The van der Waals surface area contributed by atoms with Crippen LogP contribution in [0.2, 0.25) is 0 Å². The maximum absolute atomic E-state index is 5.56. The summed E-state index contributed by atoms with van der Waals surface area (Å²) in [4.78, 5) is 0. The lowest BCUT2D eigenvalue weighted by Crippen LogP contribution is -2.29. The van der Waals surface area contributed by atoms with Crippen LogP contribution in [0.5, 0.6) is 0 Å². The molecule has 0 atom stereocenters. The number of rotatable bonds is 8. The van der Waals surface area contributed by atoms with Crippen LogP contribution in [0.4, 0.5) is 0 Å². The molecule has 0 aromatic carbocycles. The highest BCUT2D eigenvalue weighted by Gasteiger charge is 2.14. The highest BCUT2D eigenvalue weighted by Crippen LogP contribution is 2.11. The smallest absolute Gasteiger partial charge is 0.0634 e. The van der Waals surface area contributed by atoms with E-state index in [1.54, 1.807) is 7.11 Å². The molecule has 0 aromatic rings. The fourth-order valence-electron chi connectivity index (χ4n) is 0.961. The molecular formula is C10H22ClNO. The normalized spacial score (nSPS) is 12.0. The van der Waals surface area contributed by atoms with E-state index >= 15 is 0 Å². The summed E-state index contributed by atoms with van der Waals surface area (Å²) >= 11 is 5.56. The minimum atomic E-state index is -0.000511. The van der Waals surface area contributed by atoms with Gasteiger partial charge >= 0.3 is 0 Å². The van der Waals surface area contributed by atoms with Gasteiger partial charge in [0.15, 0.2) is 0 Å². The molecule has 0 heterocycles. The molecule has 0 unspecified atom stereocenters. The fraction of sp³-hybridized carbons (Fsp3) is 1.00. The van der Waals surface area contributed by atoms with Crippen molar-refractivity contribution in [1.29, 1.82) is 0 Å². The lowest BCUT2D eigenvalue weighted by atomic mass is 10.1. The second-order valence-corrected chi connectivity index (χ2v) is 4.24. The van der Waals surface area contributed by atoms with Crippen LogP contribution >= 0.6 is 11.6 Å². The zero-order chi connectivity index (χ0) is 10.2. The van der Waals surface area contributed by atoms with Gasteiger partial charge in [0, 0.05) is 13.0 Å². The van der Waals surface area contributed by atoms with Crippen molar-refractivity contribution in [2.75, 3.05) is 26.1 Å². The van der Waals surface area contributed by atoms with Crippen molar-refractivity contribution in [2.45, 2.75) is 38.7 Å². The summed E-state index contributed by atoms with van der Waals surface area (Å²) < 4.78 is 5.30. The monoisotopic (exact) mass is 207 g/mol.